The van der Waals surface area contributed by atoms with Crippen LogP contribution in [0.1, 0.15) is 12.8 Å². The summed E-state index contributed by atoms with van der Waals surface area (Å²) in [5, 5.41) is 2.76. The van der Waals surface area contributed by atoms with Crippen molar-refractivity contribution in [2.45, 2.75) is 24.8 Å². The highest BCUT2D eigenvalue weighted by atomic mass is 19.3. The van der Waals surface area contributed by atoms with Gasteiger partial charge in [-0.1, -0.05) is 0 Å². The number of carbonyl (C=O) groups is 1. The molecule has 80 valence electrons. The zero-order valence-corrected chi connectivity index (χ0v) is 7.93. The van der Waals surface area contributed by atoms with E-state index in [1.54, 1.807) is 0 Å². The van der Waals surface area contributed by atoms with E-state index in [1.165, 1.54) is 7.11 Å². The zero-order chi connectivity index (χ0) is 10.3. The van der Waals surface area contributed by atoms with Crippen molar-refractivity contribution in [3.8, 4) is 0 Å². The van der Waals surface area contributed by atoms with E-state index in [4.69, 9.17) is 0 Å². The highest BCUT2D eigenvalue weighted by Crippen LogP contribution is 2.44. The molecule has 0 bridgehead atoms. The molecule has 1 aliphatic carbocycles. The molecule has 1 aliphatic heterocycles. The maximum Gasteiger partial charge on any atom is 0.308 e. The Morgan fingerprint density at radius 2 is 2.21 bits per heavy atom. The van der Waals surface area contributed by atoms with Gasteiger partial charge in [0.2, 0.25) is 0 Å². The molecule has 2 fully saturated rings. The maximum atomic E-state index is 13.2. The molecule has 14 heavy (non-hydrogen) atoms. The number of ether oxygens (including phenoxy) is 1. The van der Waals surface area contributed by atoms with Crippen molar-refractivity contribution in [2.24, 2.45) is 11.8 Å². The molecule has 3 nitrogen and oxygen atoms in total. The topological polar surface area (TPSA) is 38.3 Å². The predicted molar refractivity (Wildman–Crippen MR) is 45.0 cm³/mol. The summed E-state index contributed by atoms with van der Waals surface area (Å²) in [7, 11) is 1.29. The van der Waals surface area contributed by atoms with Gasteiger partial charge in [0.05, 0.1) is 19.6 Å². The monoisotopic (exact) mass is 205 g/mol. The molecule has 1 heterocycles. The molecule has 1 saturated heterocycles. The van der Waals surface area contributed by atoms with E-state index in [0.717, 1.165) is 0 Å². The lowest BCUT2D eigenvalue weighted by Gasteiger charge is -2.16. The second kappa shape index (κ2) is 3.15. The Bertz CT molecular complexity index is 257. The highest BCUT2D eigenvalue weighted by molar-refractivity contribution is 5.72. The van der Waals surface area contributed by atoms with Crippen molar-refractivity contribution >= 4 is 5.97 Å². The molecule has 0 aromatic heterocycles. The van der Waals surface area contributed by atoms with E-state index < -0.39 is 11.8 Å². The van der Waals surface area contributed by atoms with Crippen LogP contribution in [0.5, 0.6) is 0 Å². The first-order valence-corrected chi connectivity index (χ1v) is 4.73. The molecule has 0 radical (unpaired) electrons. The van der Waals surface area contributed by atoms with E-state index >= 15 is 0 Å². The van der Waals surface area contributed by atoms with Gasteiger partial charge in [-0.25, -0.2) is 8.78 Å². The van der Waals surface area contributed by atoms with Gasteiger partial charge in [0, 0.05) is 12.0 Å². The van der Waals surface area contributed by atoms with Crippen LogP contribution in [-0.2, 0) is 9.53 Å². The first-order chi connectivity index (χ1) is 6.54. The Balaban J connectivity index is 2.05. The normalized spacial score (nSPS) is 39.5. The molecular weight excluding hydrogens is 192 g/mol. The van der Waals surface area contributed by atoms with Gasteiger partial charge in [-0.2, -0.15) is 0 Å². The fourth-order valence-corrected chi connectivity index (χ4v) is 2.49. The Hall–Kier alpha value is -0.710. The number of rotatable bonds is 1. The van der Waals surface area contributed by atoms with Gasteiger partial charge < -0.3 is 10.1 Å². The molecule has 5 heteroatoms. The van der Waals surface area contributed by atoms with Crippen LogP contribution < -0.4 is 5.32 Å². The van der Waals surface area contributed by atoms with E-state index in [2.05, 4.69) is 10.1 Å². The van der Waals surface area contributed by atoms with Crippen LogP contribution in [0.25, 0.3) is 0 Å². The number of fused-ring (bicyclic) bond motifs is 1. The van der Waals surface area contributed by atoms with Crippen LogP contribution in [0.15, 0.2) is 0 Å². The van der Waals surface area contributed by atoms with Crippen molar-refractivity contribution in [1.82, 2.24) is 5.32 Å². The van der Waals surface area contributed by atoms with Crippen LogP contribution in [0.4, 0.5) is 8.78 Å². The SMILES string of the molecule is COC(=O)C1C[C@@H]2NCC(F)(F)[C@@H]2C1. The quantitative estimate of drug-likeness (QED) is 0.643. The van der Waals surface area contributed by atoms with E-state index in [0.29, 0.717) is 6.42 Å². The number of alkyl halides is 2. The summed E-state index contributed by atoms with van der Waals surface area (Å²) in [6.07, 6.45) is 0.726. The Kier molecular flexibility index (Phi) is 2.21. The second-order valence-corrected chi connectivity index (χ2v) is 4.05. The first kappa shape index (κ1) is 9.83. The van der Waals surface area contributed by atoms with Gasteiger partial charge in [-0.15, -0.1) is 0 Å². The van der Waals surface area contributed by atoms with Crippen molar-refractivity contribution in [1.29, 1.82) is 0 Å². The van der Waals surface area contributed by atoms with Gasteiger partial charge in [0.15, 0.2) is 0 Å². The molecule has 1 unspecified atom stereocenters. The molecular formula is C9H13F2NO2. The van der Waals surface area contributed by atoms with Crippen LogP contribution in [0.3, 0.4) is 0 Å². The van der Waals surface area contributed by atoms with Crippen molar-refractivity contribution < 1.29 is 18.3 Å². The zero-order valence-electron chi connectivity index (χ0n) is 7.93. The van der Waals surface area contributed by atoms with Crippen molar-refractivity contribution in [2.75, 3.05) is 13.7 Å². The first-order valence-electron chi connectivity index (χ1n) is 4.73. The molecule has 2 rings (SSSR count). The number of hydrogen-bond donors (Lipinski definition) is 1. The third kappa shape index (κ3) is 1.39. The minimum absolute atomic E-state index is 0.214. The predicted octanol–water partition coefficient (Wildman–Crippen LogP) is 0.793. The fourth-order valence-electron chi connectivity index (χ4n) is 2.49. The second-order valence-electron chi connectivity index (χ2n) is 4.05. The summed E-state index contributed by atoms with van der Waals surface area (Å²) < 4.78 is 31.0. The number of nitrogens with one attached hydrogen (secondary N) is 1. The summed E-state index contributed by atoms with van der Waals surface area (Å²) in [4.78, 5) is 11.2. The summed E-state index contributed by atoms with van der Waals surface area (Å²) in [5.41, 5.74) is 0. The standard InChI is InChI=1S/C9H13F2NO2/c1-14-8(13)5-2-6-7(3-5)12-4-9(6,10)11/h5-7,12H,2-4H2,1H3/t5?,6-,7+/m1/s1. The molecule has 0 aromatic rings. The Morgan fingerprint density at radius 3 is 2.79 bits per heavy atom. The molecule has 1 saturated carbocycles. The van der Waals surface area contributed by atoms with Gasteiger partial charge in [-0.05, 0) is 12.8 Å². The van der Waals surface area contributed by atoms with E-state index in [1.807, 2.05) is 0 Å². The van der Waals surface area contributed by atoms with Crippen molar-refractivity contribution in [3.63, 3.8) is 0 Å². The fraction of sp³-hybridized carbons (Fsp3) is 0.889. The molecule has 3 atom stereocenters. The van der Waals surface area contributed by atoms with Gasteiger partial charge in [-0.3, -0.25) is 4.79 Å². The third-order valence-electron chi connectivity index (χ3n) is 3.24. The summed E-state index contributed by atoms with van der Waals surface area (Å²) in [6, 6.07) is -0.214. The average Bonchev–Trinajstić information content (AvgIpc) is 2.67. The van der Waals surface area contributed by atoms with Crippen LogP contribution >= 0.6 is 0 Å². The Labute approximate surface area is 80.8 Å². The third-order valence-corrected chi connectivity index (χ3v) is 3.24. The lowest BCUT2D eigenvalue weighted by atomic mass is 9.99. The van der Waals surface area contributed by atoms with Crippen molar-refractivity contribution in [3.05, 3.63) is 0 Å². The van der Waals surface area contributed by atoms with Crippen LogP contribution in [-0.4, -0.2) is 31.6 Å². The minimum atomic E-state index is -2.66. The number of halogens is 2. The summed E-state index contributed by atoms with van der Waals surface area (Å²) in [5.74, 6) is -4.06. The highest BCUT2D eigenvalue weighted by Gasteiger charge is 2.55. The van der Waals surface area contributed by atoms with Gasteiger partial charge in [0.1, 0.15) is 0 Å². The largest absolute Gasteiger partial charge is 0.469 e. The minimum Gasteiger partial charge on any atom is -0.469 e. The number of hydrogen-bond acceptors (Lipinski definition) is 3. The summed E-state index contributed by atoms with van der Waals surface area (Å²) in [6.45, 7) is -0.254. The van der Waals surface area contributed by atoms with Gasteiger partial charge in [0.25, 0.3) is 5.92 Å². The molecule has 0 aromatic carbocycles. The lowest BCUT2D eigenvalue weighted by Crippen LogP contribution is -2.28. The summed E-state index contributed by atoms with van der Waals surface area (Å²) >= 11 is 0. The van der Waals surface area contributed by atoms with E-state index in [9.17, 15) is 13.6 Å². The molecule has 1 N–H and O–H groups in total. The molecule has 0 spiro atoms. The number of carbonyl (C=O) groups excluding carboxylic acids is 1. The lowest BCUT2D eigenvalue weighted by molar-refractivity contribution is -0.145. The van der Waals surface area contributed by atoms with Crippen LogP contribution in [0.2, 0.25) is 0 Å². The molecule has 2 aliphatic rings. The van der Waals surface area contributed by atoms with E-state index in [-0.39, 0.29) is 30.9 Å². The van der Waals surface area contributed by atoms with Crippen LogP contribution in [0, 0.1) is 11.8 Å². The van der Waals surface area contributed by atoms with Gasteiger partial charge >= 0.3 is 5.97 Å². The Morgan fingerprint density at radius 1 is 1.50 bits per heavy atom. The smallest absolute Gasteiger partial charge is 0.308 e. The average molecular weight is 205 g/mol. The number of methoxy groups -OCH3 is 1. The maximum absolute atomic E-state index is 13.2. The number of esters is 1. The molecule has 0 amide bonds.